The van der Waals surface area contributed by atoms with Crippen LogP contribution >= 0.6 is 0 Å². The fourth-order valence-corrected chi connectivity index (χ4v) is 2.30. The summed E-state index contributed by atoms with van der Waals surface area (Å²) in [5.41, 5.74) is 5.18. The number of carbonyl (C=O) groups is 1. The van der Waals surface area contributed by atoms with Crippen molar-refractivity contribution in [3.05, 3.63) is 0 Å². The van der Waals surface area contributed by atoms with Crippen LogP contribution in [0.4, 0.5) is 0 Å². The summed E-state index contributed by atoms with van der Waals surface area (Å²) in [5, 5.41) is 8.84. The summed E-state index contributed by atoms with van der Waals surface area (Å²) >= 11 is 0. The first-order chi connectivity index (χ1) is 6.39. The van der Waals surface area contributed by atoms with Gasteiger partial charge in [0.25, 0.3) is 0 Å². The van der Waals surface area contributed by atoms with Crippen LogP contribution in [0.3, 0.4) is 0 Å². The second-order valence-corrected chi connectivity index (χ2v) is 4.81. The van der Waals surface area contributed by atoms with Gasteiger partial charge in [-0.3, -0.25) is 4.79 Å². The van der Waals surface area contributed by atoms with Gasteiger partial charge in [-0.15, -0.1) is 0 Å². The van der Waals surface area contributed by atoms with E-state index in [1.54, 1.807) is 0 Å². The fraction of sp³-hybridized carbons (Fsp3) is 0.900. The topological polar surface area (TPSA) is 72.6 Å². The molecule has 1 atom stereocenters. The van der Waals surface area contributed by atoms with Gasteiger partial charge in [0.15, 0.2) is 0 Å². The van der Waals surface area contributed by atoms with E-state index in [1.807, 2.05) is 13.8 Å². The van der Waals surface area contributed by atoms with Crippen LogP contribution in [0.2, 0.25) is 0 Å². The van der Waals surface area contributed by atoms with Gasteiger partial charge in [0, 0.05) is 6.61 Å². The molecule has 1 saturated heterocycles. The number of aliphatic carboxylic acids is 1. The third-order valence-electron chi connectivity index (χ3n) is 2.89. The number of rotatable bonds is 3. The first kappa shape index (κ1) is 11.5. The molecule has 3 N–H and O–H groups in total. The zero-order chi connectivity index (χ0) is 10.8. The molecule has 0 aromatic rings. The molecule has 1 unspecified atom stereocenters. The van der Waals surface area contributed by atoms with Crippen molar-refractivity contribution < 1.29 is 14.6 Å². The monoisotopic (exact) mass is 201 g/mol. The highest BCUT2D eigenvalue weighted by molar-refractivity contribution is 5.67. The average Bonchev–Trinajstić information content (AvgIpc) is 2.01. The van der Waals surface area contributed by atoms with E-state index in [9.17, 15) is 4.79 Å². The molecule has 1 aliphatic rings. The summed E-state index contributed by atoms with van der Waals surface area (Å²) in [5.74, 6) is -0.770. The maximum Gasteiger partial charge on any atom is 0.303 e. The Bertz CT molecular complexity index is 227. The molecule has 4 heteroatoms. The van der Waals surface area contributed by atoms with Crippen molar-refractivity contribution >= 4 is 5.97 Å². The van der Waals surface area contributed by atoms with E-state index in [2.05, 4.69) is 0 Å². The number of hydrogen-bond donors (Lipinski definition) is 2. The summed E-state index contributed by atoms with van der Waals surface area (Å²) in [6, 6.07) is 0. The molecule has 1 heterocycles. The summed E-state index contributed by atoms with van der Waals surface area (Å²) in [6.07, 6.45) is 1.62. The van der Waals surface area contributed by atoms with E-state index in [0.29, 0.717) is 13.2 Å². The Labute approximate surface area is 84.4 Å². The maximum absolute atomic E-state index is 10.7. The van der Waals surface area contributed by atoms with Gasteiger partial charge < -0.3 is 15.6 Å². The second kappa shape index (κ2) is 3.87. The fourth-order valence-electron chi connectivity index (χ4n) is 2.30. The molecular weight excluding hydrogens is 182 g/mol. The Hall–Kier alpha value is -0.610. The minimum absolute atomic E-state index is 0.149. The summed E-state index contributed by atoms with van der Waals surface area (Å²) in [6.45, 7) is 5.00. The molecule has 4 nitrogen and oxygen atoms in total. The molecule has 14 heavy (non-hydrogen) atoms. The lowest BCUT2D eigenvalue weighted by molar-refractivity contribution is -0.146. The zero-order valence-corrected chi connectivity index (χ0v) is 8.88. The summed E-state index contributed by atoms with van der Waals surface area (Å²) in [7, 11) is 0. The van der Waals surface area contributed by atoms with Crippen LogP contribution in [0.5, 0.6) is 0 Å². The quantitative estimate of drug-likeness (QED) is 0.714. The number of carboxylic acids is 1. The molecule has 0 aromatic carbocycles. The third-order valence-corrected chi connectivity index (χ3v) is 2.89. The van der Waals surface area contributed by atoms with Gasteiger partial charge in [0.2, 0.25) is 0 Å². The van der Waals surface area contributed by atoms with Crippen molar-refractivity contribution in [2.75, 3.05) is 13.2 Å². The Morgan fingerprint density at radius 1 is 1.57 bits per heavy atom. The van der Waals surface area contributed by atoms with Gasteiger partial charge in [0.05, 0.1) is 12.0 Å². The first-order valence-electron chi connectivity index (χ1n) is 4.95. The highest BCUT2D eigenvalue weighted by Gasteiger charge is 2.41. The zero-order valence-electron chi connectivity index (χ0n) is 8.88. The second-order valence-electron chi connectivity index (χ2n) is 4.81. The molecule has 1 rings (SSSR count). The highest BCUT2D eigenvalue weighted by atomic mass is 16.5. The van der Waals surface area contributed by atoms with Gasteiger partial charge in [-0.05, 0) is 38.6 Å². The SMILES string of the molecule is CC1(C)CC(CN)(CC(=O)O)CCO1. The predicted molar refractivity (Wildman–Crippen MR) is 53.0 cm³/mol. The van der Waals surface area contributed by atoms with Crippen LogP contribution in [-0.4, -0.2) is 29.8 Å². The normalized spacial score (nSPS) is 31.4. The van der Waals surface area contributed by atoms with Crippen molar-refractivity contribution in [3.8, 4) is 0 Å². The maximum atomic E-state index is 10.7. The first-order valence-corrected chi connectivity index (χ1v) is 4.95. The smallest absolute Gasteiger partial charge is 0.303 e. The third kappa shape index (κ3) is 2.69. The molecule has 0 radical (unpaired) electrons. The standard InChI is InChI=1S/C10H19NO3/c1-9(2)6-10(7-11,3-4-14-9)5-8(12)13/h3-7,11H2,1-2H3,(H,12,13). The molecule has 1 aliphatic heterocycles. The van der Waals surface area contributed by atoms with Gasteiger partial charge in [0.1, 0.15) is 0 Å². The van der Waals surface area contributed by atoms with Crippen LogP contribution in [0.25, 0.3) is 0 Å². The van der Waals surface area contributed by atoms with E-state index >= 15 is 0 Å². The van der Waals surface area contributed by atoms with Gasteiger partial charge in [-0.2, -0.15) is 0 Å². The van der Waals surface area contributed by atoms with E-state index in [-0.39, 0.29) is 17.4 Å². The molecule has 0 aliphatic carbocycles. The number of carboxylic acid groups (broad SMARTS) is 1. The largest absolute Gasteiger partial charge is 0.481 e. The van der Waals surface area contributed by atoms with E-state index < -0.39 is 5.97 Å². The lowest BCUT2D eigenvalue weighted by Gasteiger charge is -2.43. The Morgan fingerprint density at radius 3 is 2.64 bits per heavy atom. The lowest BCUT2D eigenvalue weighted by atomic mass is 9.72. The molecule has 1 fully saturated rings. The van der Waals surface area contributed by atoms with Crippen LogP contribution in [0.15, 0.2) is 0 Å². The van der Waals surface area contributed by atoms with Gasteiger partial charge in [-0.1, -0.05) is 0 Å². The minimum Gasteiger partial charge on any atom is -0.481 e. The van der Waals surface area contributed by atoms with E-state index in [1.165, 1.54) is 0 Å². The Kier molecular flexibility index (Phi) is 3.17. The van der Waals surface area contributed by atoms with Crippen LogP contribution in [0, 0.1) is 5.41 Å². The highest BCUT2D eigenvalue weighted by Crippen LogP contribution is 2.40. The Morgan fingerprint density at radius 2 is 2.21 bits per heavy atom. The van der Waals surface area contributed by atoms with E-state index in [4.69, 9.17) is 15.6 Å². The van der Waals surface area contributed by atoms with Crippen molar-refractivity contribution in [1.82, 2.24) is 0 Å². The molecule has 0 spiro atoms. The Balaban J connectivity index is 2.73. The summed E-state index contributed by atoms with van der Waals surface area (Å²) < 4.78 is 5.56. The van der Waals surface area contributed by atoms with Gasteiger partial charge in [-0.25, -0.2) is 0 Å². The molecule has 0 saturated carbocycles. The number of nitrogens with two attached hydrogens (primary N) is 1. The van der Waals surface area contributed by atoms with Crippen molar-refractivity contribution in [2.24, 2.45) is 11.1 Å². The van der Waals surface area contributed by atoms with Crippen LogP contribution in [-0.2, 0) is 9.53 Å². The van der Waals surface area contributed by atoms with E-state index in [0.717, 1.165) is 12.8 Å². The molecular formula is C10H19NO3. The van der Waals surface area contributed by atoms with Crippen LogP contribution in [0.1, 0.15) is 33.1 Å². The molecule has 0 bridgehead atoms. The van der Waals surface area contributed by atoms with Crippen molar-refractivity contribution in [1.29, 1.82) is 0 Å². The van der Waals surface area contributed by atoms with Crippen molar-refractivity contribution in [2.45, 2.75) is 38.7 Å². The van der Waals surface area contributed by atoms with Gasteiger partial charge >= 0.3 is 5.97 Å². The molecule has 0 amide bonds. The molecule has 0 aromatic heterocycles. The summed E-state index contributed by atoms with van der Waals surface area (Å²) in [4.78, 5) is 10.7. The number of ether oxygens (including phenoxy) is 1. The average molecular weight is 201 g/mol. The predicted octanol–water partition coefficient (Wildman–Crippen LogP) is 0.995. The molecule has 82 valence electrons. The van der Waals surface area contributed by atoms with Crippen molar-refractivity contribution in [3.63, 3.8) is 0 Å². The van der Waals surface area contributed by atoms with Crippen LogP contribution < -0.4 is 5.73 Å². The number of hydrogen-bond acceptors (Lipinski definition) is 3. The lowest BCUT2D eigenvalue weighted by Crippen LogP contribution is -2.46. The minimum atomic E-state index is -0.770.